The summed E-state index contributed by atoms with van der Waals surface area (Å²) >= 11 is 0. The van der Waals surface area contributed by atoms with E-state index in [1.54, 1.807) is 0 Å². The molecule has 0 bridgehead atoms. The number of nitrogen functional groups attached to an aromatic ring is 1. The standard InChI is InChI=1S/C10H13F3N2O2S/c1-6-3-7(4-8(14)10(6)13)18(16,17)15(2)5-9(11)12/h3-4,9H,5,14H2,1-2H3. The maximum absolute atomic E-state index is 13.3. The minimum absolute atomic E-state index is 0.0408. The van der Waals surface area contributed by atoms with Gasteiger partial charge in [0.2, 0.25) is 10.0 Å². The Balaban J connectivity index is 3.21. The normalized spacial score (nSPS) is 12.4. The molecule has 0 aliphatic rings. The van der Waals surface area contributed by atoms with Crippen LogP contribution in [0.5, 0.6) is 0 Å². The molecule has 0 aliphatic heterocycles. The number of aryl methyl sites for hydroxylation is 1. The van der Waals surface area contributed by atoms with Crippen molar-refractivity contribution in [2.75, 3.05) is 19.3 Å². The Kier molecular flexibility index (Phi) is 4.23. The lowest BCUT2D eigenvalue weighted by atomic mass is 10.2. The van der Waals surface area contributed by atoms with Gasteiger partial charge in [0, 0.05) is 7.05 Å². The fourth-order valence-corrected chi connectivity index (χ4v) is 2.65. The summed E-state index contributed by atoms with van der Waals surface area (Å²) in [6.45, 7) is 0.413. The number of halogens is 3. The Hall–Kier alpha value is -1.28. The van der Waals surface area contributed by atoms with Gasteiger partial charge in [-0.2, -0.15) is 4.31 Å². The highest BCUT2D eigenvalue weighted by atomic mass is 32.2. The highest BCUT2D eigenvalue weighted by Gasteiger charge is 2.25. The first-order chi connectivity index (χ1) is 8.16. The van der Waals surface area contributed by atoms with E-state index in [2.05, 4.69) is 0 Å². The molecule has 2 N–H and O–H groups in total. The lowest BCUT2D eigenvalue weighted by Gasteiger charge is -2.17. The molecule has 18 heavy (non-hydrogen) atoms. The van der Waals surface area contributed by atoms with Crippen molar-refractivity contribution in [1.82, 2.24) is 4.31 Å². The molecule has 8 heteroatoms. The van der Waals surface area contributed by atoms with Gasteiger partial charge in [0.1, 0.15) is 5.82 Å². The summed E-state index contributed by atoms with van der Waals surface area (Å²) in [6.07, 6.45) is -2.79. The smallest absolute Gasteiger partial charge is 0.252 e. The maximum Gasteiger partial charge on any atom is 0.252 e. The molecule has 0 saturated heterocycles. The van der Waals surface area contributed by atoms with Crippen LogP contribution in [0.1, 0.15) is 5.56 Å². The second kappa shape index (κ2) is 5.15. The summed E-state index contributed by atoms with van der Waals surface area (Å²) in [4.78, 5) is -0.304. The molecule has 4 nitrogen and oxygen atoms in total. The predicted octanol–water partition coefficient (Wildman–Crippen LogP) is 1.60. The first-order valence-corrected chi connectivity index (χ1v) is 6.40. The Morgan fingerprint density at radius 1 is 1.39 bits per heavy atom. The molecular formula is C10H13F3N2O2S. The fraction of sp³-hybridized carbons (Fsp3) is 0.400. The average molecular weight is 282 g/mol. The Morgan fingerprint density at radius 3 is 2.39 bits per heavy atom. The third-order valence-electron chi connectivity index (χ3n) is 2.36. The van der Waals surface area contributed by atoms with E-state index in [1.165, 1.54) is 6.92 Å². The van der Waals surface area contributed by atoms with Gasteiger partial charge in [-0.25, -0.2) is 21.6 Å². The molecule has 1 aromatic carbocycles. The van der Waals surface area contributed by atoms with E-state index in [0.717, 1.165) is 19.2 Å². The van der Waals surface area contributed by atoms with Crippen molar-refractivity contribution in [3.05, 3.63) is 23.5 Å². The van der Waals surface area contributed by atoms with Gasteiger partial charge in [0.15, 0.2) is 0 Å². The van der Waals surface area contributed by atoms with Crippen LogP contribution in [-0.4, -0.2) is 32.7 Å². The molecular weight excluding hydrogens is 269 g/mol. The monoisotopic (exact) mass is 282 g/mol. The average Bonchev–Trinajstić information content (AvgIpc) is 2.24. The van der Waals surface area contributed by atoms with Crippen LogP contribution in [-0.2, 0) is 10.0 Å². The molecule has 1 rings (SSSR count). The summed E-state index contributed by atoms with van der Waals surface area (Å²) in [5.74, 6) is -0.717. The molecule has 0 aromatic heterocycles. The van der Waals surface area contributed by atoms with Gasteiger partial charge in [0.25, 0.3) is 6.43 Å². The van der Waals surface area contributed by atoms with Crippen molar-refractivity contribution >= 4 is 15.7 Å². The maximum atomic E-state index is 13.3. The Morgan fingerprint density at radius 2 is 1.94 bits per heavy atom. The molecule has 0 spiro atoms. The number of hydrogen-bond acceptors (Lipinski definition) is 3. The minimum Gasteiger partial charge on any atom is -0.396 e. The first kappa shape index (κ1) is 14.8. The molecule has 0 radical (unpaired) electrons. The van der Waals surface area contributed by atoms with Crippen LogP contribution < -0.4 is 5.73 Å². The largest absolute Gasteiger partial charge is 0.396 e. The summed E-state index contributed by atoms with van der Waals surface area (Å²) in [7, 11) is -3.06. The van der Waals surface area contributed by atoms with Gasteiger partial charge in [0.05, 0.1) is 17.1 Å². The number of hydrogen-bond donors (Lipinski definition) is 1. The molecule has 0 unspecified atom stereocenters. The molecule has 0 atom stereocenters. The van der Waals surface area contributed by atoms with Gasteiger partial charge in [-0.05, 0) is 24.6 Å². The van der Waals surface area contributed by atoms with E-state index in [4.69, 9.17) is 5.73 Å². The van der Waals surface area contributed by atoms with Crippen molar-refractivity contribution in [3.8, 4) is 0 Å². The van der Waals surface area contributed by atoms with E-state index < -0.39 is 28.8 Å². The molecule has 0 saturated carbocycles. The molecule has 102 valence electrons. The molecule has 0 amide bonds. The summed E-state index contributed by atoms with van der Waals surface area (Å²) in [5, 5.41) is 0. The number of nitrogens with zero attached hydrogens (tertiary/aromatic N) is 1. The fourth-order valence-electron chi connectivity index (χ4n) is 1.38. The van der Waals surface area contributed by atoms with E-state index >= 15 is 0 Å². The third-order valence-corrected chi connectivity index (χ3v) is 4.16. The highest BCUT2D eigenvalue weighted by Crippen LogP contribution is 2.23. The zero-order valence-electron chi connectivity index (χ0n) is 9.82. The van der Waals surface area contributed by atoms with Gasteiger partial charge in [-0.15, -0.1) is 0 Å². The van der Waals surface area contributed by atoms with Gasteiger partial charge in [-0.3, -0.25) is 0 Å². The number of anilines is 1. The molecule has 1 aromatic rings. The summed E-state index contributed by atoms with van der Waals surface area (Å²) in [6, 6.07) is 1.97. The molecule has 0 fully saturated rings. The van der Waals surface area contributed by atoms with E-state index in [9.17, 15) is 21.6 Å². The second-order valence-electron chi connectivity index (χ2n) is 3.82. The van der Waals surface area contributed by atoms with Crippen LogP contribution in [0, 0.1) is 12.7 Å². The number of sulfonamides is 1. The lowest BCUT2D eigenvalue weighted by molar-refractivity contribution is 0.126. The van der Waals surface area contributed by atoms with Gasteiger partial charge in [-0.1, -0.05) is 0 Å². The molecule has 0 heterocycles. The van der Waals surface area contributed by atoms with Crippen molar-refractivity contribution in [3.63, 3.8) is 0 Å². The minimum atomic E-state index is -4.09. The van der Waals surface area contributed by atoms with Crippen LogP contribution in [0.4, 0.5) is 18.9 Å². The van der Waals surface area contributed by atoms with Gasteiger partial charge < -0.3 is 5.73 Å². The van der Waals surface area contributed by atoms with Crippen LogP contribution in [0.3, 0.4) is 0 Å². The quantitative estimate of drug-likeness (QED) is 0.853. The summed E-state index contributed by atoms with van der Waals surface area (Å²) < 4.78 is 61.9. The third kappa shape index (κ3) is 2.94. The topological polar surface area (TPSA) is 63.4 Å². The van der Waals surface area contributed by atoms with Crippen molar-refractivity contribution in [2.45, 2.75) is 18.2 Å². The second-order valence-corrected chi connectivity index (χ2v) is 5.86. The number of rotatable bonds is 4. The Labute approximate surface area is 103 Å². The van der Waals surface area contributed by atoms with Crippen LogP contribution in [0.2, 0.25) is 0 Å². The zero-order chi connectivity index (χ0) is 14.1. The number of alkyl halides is 2. The van der Waals surface area contributed by atoms with E-state index in [-0.39, 0.29) is 16.1 Å². The van der Waals surface area contributed by atoms with Crippen molar-refractivity contribution in [1.29, 1.82) is 0 Å². The van der Waals surface area contributed by atoms with Crippen molar-refractivity contribution in [2.24, 2.45) is 0 Å². The summed E-state index contributed by atoms with van der Waals surface area (Å²) in [5.41, 5.74) is 5.02. The van der Waals surface area contributed by atoms with Crippen LogP contribution >= 0.6 is 0 Å². The SMILES string of the molecule is Cc1cc(S(=O)(=O)N(C)CC(F)F)cc(N)c1F. The Bertz CT molecular complexity index is 523. The number of nitrogens with two attached hydrogens (primary N) is 1. The number of benzene rings is 1. The highest BCUT2D eigenvalue weighted by molar-refractivity contribution is 7.89. The van der Waals surface area contributed by atoms with Crippen molar-refractivity contribution < 1.29 is 21.6 Å². The van der Waals surface area contributed by atoms with E-state index in [1.807, 2.05) is 0 Å². The van der Waals surface area contributed by atoms with Crippen LogP contribution in [0.15, 0.2) is 17.0 Å². The zero-order valence-corrected chi connectivity index (χ0v) is 10.6. The van der Waals surface area contributed by atoms with Crippen LogP contribution in [0.25, 0.3) is 0 Å². The predicted molar refractivity (Wildman–Crippen MR) is 61.4 cm³/mol. The first-order valence-electron chi connectivity index (χ1n) is 4.96. The van der Waals surface area contributed by atoms with Gasteiger partial charge >= 0.3 is 0 Å². The van der Waals surface area contributed by atoms with E-state index in [0.29, 0.717) is 4.31 Å². The lowest BCUT2D eigenvalue weighted by Crippen LogP contribution is -2.31. The molecule has 0 aliphatic carbocycles.